The molecule has 0 bridgehead atoms. The number of methoxy groups -OCH3 is 1. The first-order chi connectivity index (χ1) is 11.6. The van der Waals surface area contributed by atoms with Crippen molar-refractivity contribution >= 4 is 11.9 Å². The van der Waals surface area contributed by atoms with Crippen LogP contribution in [-0.2, 0) is 9.59 Å². The monoisotopic (exact) mass is 325 g/mol. The number of hydrogen-bond acceptors (Lipinski definition) is 3. The maximum atomic E-state index is 12.5. The van der Waals surface area contributed by atoms with Gasteiger partial charge in [0, 0.05) is 5.56 Å². The number of benzene rings is 2. The van der Waals surface area contributed by atoms with Crippen molar-refractivity contribution in [2.75, 3.05) is 7.11 Å². The summed E-state index contributed by atoms with van der Waals surface area (Å²) < 4.78 is 5.42. The molecule has 3 rings (SSSR count). The van der Waals surface area contributed by atoms with Gasteiger partial charge >= 0.3 is 5.97 Å². The van der Waals surface area contributed by atoms with Crippen molar-refractivity contribution in [2.45, 2.75) is 12.5 Å². The number of carboxylic acids is 1. The first-order valence-electron chi connectivity index (χ1n) is 7.83. The Bertz CT molecular complexity index is 744. The molecular weight excluding hydrogens is 306 g/mol. The molecular formula is C19H19NO4. The summed E-state index contributed by atoms with van der Waals surface area (Å²) in [5.74, 6) is -1.49. The van der Waals surface area contributed by atoms with Gasteiger partial charge in [-0.3, -0.25) is 9.59 Å². The average Bonchev–Trinajstić information content (AvgIpc) is 3.41. The predicted molar refractivity (Wildman–Crippen MR) is 88.7 cm³/mol. The molecule has 0 spiro atoms. The highest BCUT2D eigenvalue weighted by molar-refractivity contribution is 5.89. The van der Waals surface area contributed by atoms with Gasteiger partial charge in [-0.2, -0.15) is 0 Å². The first-order valence-corrected chi connectivity index (χ1v) is 7.83. The molecule has 1 aliphatic rings. The standard InChI is InChI=1S/C19H19NO4/c1-24-16-10-6-5-9-13(16)17(12-7-3-2-4-8-12)20-18(21)14-11-15(14)19(22)23/h2-10,14-15,17H,11H2,1H3,(H,20,21)(H,22,23)/t14-,15-,17-/m1/s1. The number of nitrogens with one attached hydrogen (secondary N) is 1. The Labute approximate surface area is 140 Å². The fraction of sp³-hybridized carbons (Fsp3) is 0.263. The van der Waals surface area contributed by atoms with Gasteiger partial charge in [-0.25, -0.2) is 0 Å². The minimum atomic E-state index is -0.913. The quantitative estimate of drug-likeness (QED) is 0.856. The Hall–Kier alpha value is -2.82. The summed E-state index contributed by atoms with van der Waals surface area (Å²) in [6.45, 7) is 0. The van der Waals surface area contributed by atoms with E-state index < -0.39 is 17.8 Å². The third-order valence-corrected chi connectivity index (χ3v) is 4.31. The summed E-state index contributed by atoms with van der Waals surface area (Å²) >= 11 is 0. The molecule has 0 aliphatic heterocycles. The van der Waals surface area contributed by atoms with Gasteiger partial charge in [0.15, 0.2) is 0 Å². The number of rotatable bonds is 6. The average molecular weight is 325 g/mol. The Balaban J connectivity index is 1.89. The summed E-state index contributed by atoms with van der Waals surface area (Å²) in [5.41, 5.74) is 1.76. The molecule has 0 saturated heterocycles. The second kappa shape index (κ2) is 6.74. The molecule has 2 aromatic rings. The van der Waals surface area contributed by atoms with Crippen molar-refractivity contribution in [1.29, 1.82) is 0 Å². The van der Waals surface area contributed by atoms with Gasteiger partial charge < -0.3 is 15.2 Å². The van der Waals surface area contributed by atoms with Crippen molar-refractivity contribution in [3.05, 3.63) is 65.7 Å². The van der Waals surface area contributed by atoms with Crippen LogP contribution in [-0.4, -0.2) is 24.1 Å². The summed E-state index contributed by atoms with van der Waals surface area (Å²) in [4.78, 5) is 23.5. The number of carbonyl (C=O) groups is 2. The molecule has 1 aliphatic carbocycles. The van der Waals surface area contributed by atoms with Gasteiger partial charge in [-0.05, 0) is 18.1 Å². The summed E-state index contributed by atoms with van der Waals surface area (Å²) in [6, 6.07) is 16.7. The largest absolute Gasteiger partial charge is 0.496 e. The van der Waals surface area contributed by atoms with Gasteiger partial charge in [0.1, 0.15) is 5.75 Å². The van der Waals surface area contributed by atoms with Crippen molar-refractivity contribution in [1.82, 2.24) is 5.32 Å². The lowest BCUT2D eigenvalue weighted by atomic mass is 9.97. The van der Waals surface area contributed by atoms with Crippen LogP contribution in [0.3, 0.4) is 0 Å². The van der Waals surface area contributed by atoms with Crippen LogP contribution < -0.4 is 10.1 Å². The van der Waals surface area contributed by atoms with Gasteiger partial charge in [0.05, 0.1) is 25.0 Å². The van der Waals surface area contributed by atoms with Crippen LogP contribution >= 0.6 is 0 Å². The summed E-state index contributed by atoms with van der Waals surface area (Å²) in [5, 5.41) is 12.0. The Morgan fingerprint density at radius 3 is 2.38 bits per heavy atom. The van der Waals surface area contributed by atoms with E-state index in [2.05, 4.69) is 5.32 Å². The molecule has 124 valence electrons. The van der Waals surface area contributed by atoms with Crippen LogP contribution in [0.25, 0.3) is 0 Å². The summed E-state index contributed by atoms with van der Waals surface area (Å²) in [7, 11) is 1.59. The maximum absolute atomic E-state index is 12.5. The van der Waals surface area contributed by atoms with Gasteiger partial charge in [0.25, 0.3) is 0 Å². The normalized spacial score (nSPS) is 20.0. The smallest absolute Gasteiger partial charge is 0.307 e. The fourth-order valence-electron chi connectivity index (χ4n) is 2.90. The van der Waals surface area contributed by atoms with E-state index in [0.717, 1.165) is 11.1 Å². The second-order valence-corrected chi connectivity index (χ2v) is 5.88. The van der Waals surface area contributed by atoms with Crippen LogP contribution in [0.1, 0.15) is 23.6 Å². The SMILES string of the molecule is COc1ccccc1[C@H](NC(=O)[C@@H]1C[C@H]1C(=O)O)c1ccccc1. The van der Waals surface area contributed by atoms with E-state index in [1.54, 1.807) is 7.11 Å². The lowest BCUT2D eigenvalue weighted by Crippen LogP contribution is -2.31. The molecule has 3 atom stereocenters. The number of carboxylic acid groups (broad SMARTS) is 1. The number of amides is 1. The zero-order valence-corrected chi connectivity index (χ0v) is 13.3. The molecule has 1 saturated carbocycles. The van der Waals surface area contributed by atoms with Crippen LogP contribution in [0.15, 0.2) is 54.6 Å². The van der Waals surface area contributed by atoms with Crippen molar-refractivity contribution in [3.8, 4) is 5.75 Å². The van der Waals surface area contributed by atoms with Crippen LogP contribution in [0.4, 0.5) is 0 Å². The Morgan fingerprint density at radius 1 is 1.08 bits per heavy atom. The zero-order chi connectivity index (χ0) is 17.1. The highest BCUT2D eigenvalue weighted by Crippen LogP contribution is 2.40. The van der Waals surface area contributed by atoms with E-state index in [4.69, 9.17) is 9.84 Å². The Kier molecular flexibility index (Phi) is 4.51. The van der Waals surface area contributed by atoms with E-state index in [1.807, 2.05) is 54.6 Å². The lowest BCUT2D eigenvalue weighted by Gasteiger charge is -2.22. The van der Waals surface area contributed by atoms with Gasteiger partial charge in [0.2, 0.25) is 5.91 Å². The molecule has 5 nitrogen and oxygen atoms in total. The number of para-hydroxylation sites is 1. The molecule has 0 radical (unpaired) electrons. The fourth-order valence-corrected chi connectivity index (χ4v) is 2.90. The third-order valence-electron chi connectivity index (χ3n) is 4.31. The van der Waals surface area contributed by atoms with E-state index in [1.165, 1.54) is 0 Å². The number of aliphatic carboxylic acids is 1. The van der Waals surface area contributed by atoms with E-state index >= 15 is 0 Å². The number of carbonyl (C=O) groups excluding carboxylic acids is 1. The molecule has 0 unspecified atom stereocenters. The molecule has 1 amide bonds. The lowest BCUT2D eigenvalue weighted by molar-refractivity contribution is -0.140. The van der Waals surface area contributed by atoms with Crippen LogP contribution in [0.5, 0.6) is 5.75 Å². The zero-order valence-electron chi connectivity index (χ0n) is 13.3. The predicted octanol–water partition coefficient (Wildman–Crippen LogP) is 2.62. The van der Waals surface area contributed by atoms with Crippen LogP contribution in [0, 0.1) is 11.8 Å². The van der Waals surface area contributed by atoms with E-state index in [0.29, 0.717) is 12.2 Å². The van der Waals surface area contributed by atoms with Crippen molar-refractivity contribution in [3.63, 3.8) is 0 Å². The molecule has 2 aromatic carbocycles. The highest BCUT2D eigenvalue weighted by Gasteiger charge is 2.48. The number of ether oxygens (including phenoxy) is 1. The maximum Gasteiger partial charge on any atom is 0.307 e. The summed E-state index contributed by atoms with van der Waals surface area (Å²) in [6.07, 6.45) is 0.397. The minimum Gasteiger partial charge on any atom is -0.496 e. The first kappa shape index (κ1) is 16.1. The minimum absolute atomic E-state index is 0.234. The second-order valence-electron chi connectivity index (χ2n) is 5.88. The van der Waals surface area contributed by atoms with Gasteiger partial charge in [-0.1, -0.05) is 48.5 Å². The topological polar surface area (TPSA) is 75.6 Å². The Morgan fingerprint density at radius 2 is 1.75 bits per heavy atom. The molecule has 24 heavy (non-hydrogen) atoms. The van der Waals surface area contributed by atoms with Crippen molar-refractivity contribution in [2.24, 2.45) is 11.8 Å². The molecule has 1 fully saturated rings. The van der Waals surface area contributed by atoms with Gasteiger partial charge in [-0.15, -0.1) is 0 Å². The number of hydrogen-bond donors (Lipinski definition) is 2. The van der Waals surface area contributed by atoms with E-state index in [9.17, 15) is 9.59 Å². The molecule has 0 heterocycles. The third kappa shape index (κ3) is 3.25. The molecule has 0 aromatic heterocycles. The molecule has 2 N–H and O–H groups in total. The van der Waals surface area contributed by atoms with Crippen LogP contribution in [0.2, 0.25) is 0 Å². The van der Waals surface area contributed by atoms with Crippen molar-refractivity contribution < 1.29 is 19.4 Å². The highest BCUT2D eigenvalue weighted by atomic mass is 16.5. The molecule has 5 heteroatoms. The van der Waals surface area contributed by atoms with E-state index in [-0.39, 0.29) is 11.9 Å².